The van der Waals surface area contributed by atoms with E-state index in [0.717, 1.165) is 36.1 Å². The number of ether oxygens (including phenoxy) is 2. The first-order valence-corrected chi connectivity index (χ1v) is 8.51. The molecule has 5 nitrogen and oxygen atoms in total. The Morgan fingerprint density at radius 3 is 2.44 bits per heavy atom. The van der Waals surface area contributed by atoms with E-state index in [1.165, 1.54) is 0 Å². The first-order valence-electron chi connectivity index (χ1n) is 8.51. The summed E-state index contributed by atoms with van der Waals surface area (Å²) in [6, 6.07) is 13.5. The summed E-state index contributed by atoms with van der Waals surface area (Å²) in [5.74, 6) is 1.35. The van der Waals surface area contributed by atoms with Crippen molar-refractivity contribution in [1.29, 1.82) is 0 Å². The molecule has 2 aromatic rings. The summed E-state index contributed by atoms with van der Waals surface area (Å²) in [5, 5.41) is 6.10. The van der Waals surface area contributed by atoms with E-state index >= 15 is 0 Å². The van der Waals surface area contributed by atoms with Crippen LogP contribution in [0.1, 0.15) is 30.9 Å². The van der Waals surface area contributed by atoms with Gasteiger partial charge in [0.2, 0.25) is 0 Å². The lowest BCUT2D eigenvalue weighted by Gasteiger charge is -2.20. The highest BCUT2D eigenvalue weighted by Gasteiger charge is 2.46. The molecule has 0 atom stereocenters. The van der Waals surface area contributed by atoms with Crippen molar-refractivity contribution in [3.63, 3.8) is 0 Å². The number of methoxy groups -OCH3 is 2. The molecule has 25 heavy (non-hydrogen) atoms. The lowest BCUT2D eigenvalue weighted by molar-refractivity contribution is 0.247. The Labute approximate surface area is 148 Å². The van der Waals surface area contributed by atoms with Crippen molar-refractivity contribution in [2.24, 2.45) is 0 Å². The van der Waals surface area contributed by atoms with Gasteiger partial charge in [0.05, 0.1) is 19.8 Å². The molecule has 2 N–H and O–H groups in total. The Bertz CT molecular complexity index is 769. The number of amides is 2. The standard InChI is InChI=1S/C20H24N2O3/c1-4-14-7-5-6-8-16(14)21-19(23)22-20(11-12-20)15-9-10-17(24-2)18(13-15)25-3/h5-10,13H,4,11-12H2,1-3H3,(H2,21,22,23). The first kappa shape index (κ1) is 17.1. The van der Waals surface area contributed by atoms with Crippen molar-refractivity contribution < 1.29 is 14.3 Å². The number of hydrogen-bond acceptors (Lipinski definition) is 3. The van der Waals surface area contributed by atoms with Crippen LogP contribution in [0.15, 0.2) is 42.5 Å². The highest BCUT2D eigenvalue weighted by molar-refractivity contribution is 5.91. The number of para-hydroxylation sites is 1. The maximum absolute atomic E-state index is 12.5. The number of benzene rings is 2. The minimum absolute atomic E-state index is 0.187. The van der Waals surface area contributed by atoms with Crippen LogP contribution in [0.25, 0.3) is 0 Å². The monoisotopic (exact) mass is 340 g/mol. The quantitative estimate of drug-likeness (QED) is 0.833. The maximum Gasteiger partial charge on any atom is 0.319 e. The molecule has 1 aliphatic carbocycles. The van der Waals surface area contributed by atoms with E-state index in [4.69, 9.17) is 9.47 Å². The van der Waals surface area contributed by atoms with E-state index < -0.39 is 0 Å². The van der Waals surface area contributed by atoms with Crippen molar-refractivity contribution in [3.05, 3.63) is 53.6 Å². The predicted octanol–water partition coefficient (Wildman–Crippen LogP) is 4.08. The third kappa shape index (κ3) is 3.55. The second-order valence-electron chi connectivity index (χ2n) is 6.24. The van der Waals surface area contributed by atoms with E-state index in [-0.39, 0.29) is 11.6 Å². The molecule has 0 saturated heterocycles. The van der Waals surface area contributed by atoms with Crippen LogP contribution in [0.3, 0.4) is 0 Å². The number of rotatable bonds is 6. The van der Waals surface area contributed by atoms with Crippen LogP contribution in [-0.2, 0) is 12.0 Å². The van der Waals surface area contributed by atoms with E-state index in [9.17, 15) is 4.79 Å². The summed E-state index contributed by atoms with van der Waals surface area (Å²) in [4.78, 5) is 12.5. The summed E-state index contributed by atoms with van der Waals surface area (Å²) in [7, 11) is 3.23. The van der Waals surface area contributed by atoms with Crippen LogP contribution in [0.2, 0.25) is 0 Å². The molecular weight excluding hydrogens is 316 g/mol. The molecule has 0 heterocycles. The van der Waals surface area contributed by atoms with Crippen molar-refractivity contribution in [3.8, 4) is 11.5 Å². The third-order valence-electron chi connectivity index (χ3n) is 4.69. The number of anilines is 1. The minimum atomic E-state index is -0.329. The molecule has 2 amide bonds. The van der Waals surface area contributed by atoms with Gasteiger partial charge in [-0.05, 0) is 48.6 Å². The number of aryl methyl sites for hydroxylation is 1. The number of carbonyl (C=O) groups excluding carboxylic acids is 1. The highest BCUT2D eigenvalue weighted by atomic mass is 16.5. The van der Waals surface area contributed by atoms with E-state index in [1.807, 2.05) is 42.5 Å². The van der Waals surface area contributed by atoms with Gasteiger partial charge < -0.3 is 20.1 Å². The van der Waals surface area contributed by atoms with Crippen molar-refractivity contribution in [2.45, 2.75) is 31.7 Å². The predicted molar refractivity (Wildman–Crippen MR) is 98.4 cm³/mol. The van der Waals surface area contributed by atoms with Gasteiger partial charge in [0, 0.05) is 5.69 Å². The Balaban J connectivity index is 1.75. The van der Waals surface area contributed by atoms with E-state index in [2.05, 4.69) is 17.6 Å². The maximum atomic E-state index is 12.5. The van der Waals surface area contributed by atoms with Gasteiger partial charge in [-0.1, -0.05) is 31.2 Å². The topological polar surface area (TPSA) is 59.6 Å². The summed E-state index contributed by atoms with van der Waals surface area (Å²) in [6.45, 7) is 2.07. The molecule has 1 aliphatic rings. The Kier molecular flexibility index (Phi) is 4.83. The van der Waals surface area contributed by atoms with Gasteiger partial charge in [-0.2, -0.15) is 0 Å². The fourth-order valence-corrected chi connectivity index (χ4v) is 3.07. The Hall–Kier alpha value is -2.69. The number of nitrogens with one attached hydrogen (secondary N) is 2. The van der Waals surface area contributed by atoms with Gasteiger partial charge >= 0.3 is 6.03 Å². The fraction of sp³-hybridized carbons (Fsp3) is 0.350. The van der Waals surface area contributed by atoms with Crippen LogP contribution < -0.4 is 20.1 Å². The van der Waals surface area contributed by atoms with Crippen LogP contribution in [-0.4, -0.2) is 20.3 Å². The third-order valence-corrected chi connectivity index (χ3v) is 4.69. The molecule has 0 spiro atoms. The molecule has 5 heteroatoms. The second kappa shape index (κ2) is 7.05. The first-order chi connectivity index (χ1) is 12.1. The minimum Gasteiger partial charge on any atom is -0.493 e. The lowest BCUT2D eigenvalue weighted by atomic mass is 10.0. The van der Waals surface area contributed by atoms with Gasteiger partial charge in [-0.15, -0.1) is 0 Å². The second-order valence-corrected chi connectivity index (χ2v) is 6.24. The Morgan fingerprint density at radius 2 is 1.80 bits per heavy atom. The molecule has 132 valence electrons. The molecule has 3 rings (SSSR count). The zero-order valence-electron chi connectivity index (χ0n) is 14.9. The summed E-state index contributed by atoms with van der Waals surface area (Å²) < 4.78 is 10.7. The van der Waals surface area contributed by atoms with Crippen LogP contribution >= 0.6 is 0 Å². The largest absolute Gasteiger partial charge is 0.493 e. The Morgan fingerprint density at radius 1 is 1.08 bits per heavy atom. The number of urea groups is 1. The van der Waals surface area contributed by atoms with Crippen LogP contribution in [0.5, 0.6) is 11.5 Å². The smallest absolute Gasteiger partial charge is 0.319 e. The molecule has 2 aromatic carbocycles. The summed E-state index contributed by atoms with van der Waals surface area (Å²) in [6.07, 6.45) is 2.69. The van der Waals surface area contributed by atoms with Crippen LogP contribution in [0.4, 0.5) is 10.5 Å². The average Bonchev–Trinajstić information content (AvgIpc) is 3.42. The average molecular weight is 340 g/mol. The molecule has 0 unspecified atom stereocenters. The van der Waals surface area contributed by atoms with Crippen molar-refractivity contribution >= 4 is 11.7 Å². The normalized spacial score (nSPS) is 14.5. The molecule has 0 radical (unpaired) electrons. The van der Waals surface area contributed by atoms with Crippen molar-refractivity contribution in [1.82, 2.24) is 5.32 Å². The van der Waals surface area contributed by atoms with E-state index in [1.54, 1.807) is 14.2 Å². The fourth-order valence-electron chi connectivity index (χ4n) is 3.07. The van der Waals surface area contributed by atoms with Crippen LogP contribution in [0, 0.1) is 0 Å². The highest BCUT2D eigenvalue weighted by Crippen LogP contribution is 2.47. The van der Waals surface area contributed by atoms with Gasteiger partial charge in [-0.3, -0.25) is 0 Å². The van der Waals surface area contributed by atoms with Crippen molar-refractivity contribution in [2.75, 3.05) is 19.5 Å². The molecule has 1 saturated carbocycles. The van der Waals surface area contributed by atoms with Gasteiger partial charge in [0.15, 0.2) is 11.5 Å². The summed E-state index contributed by atoms with van der Waals surface area (Å²) in [5.41, 5.74) is 2.67. The number of carbonyl (C=O) groups is 1. The molecule has 0 bridgehead atoms. The molecular formula is C20H24N2O3. The molecule has 0 aromatic heterocycles. The van der Waals surface area contributed by atoms with Gasteiger partial charge in [0.1, 0.15) is 0 Å². The SMILES string of the molecule is CCc1ccccc1NC(=O)NC1(c2ccc(OC)c(OC)c2)CC1. The lowest BCUT2D eigenvalue weighted by Crippen LogP contribution is -2.38. The summed E-state index contributed by atoms with van der Waals surface area (Å²) >= 11 is 0. The molecule has 0 aliphatic heterocycles. The van der Waals surface area contributed by atoms with E-state index in [0.29, 0.717) is 11.5 Å². The zero-order valence-corrected chi connectivity index (χ0v) is 14.9. The zero-order chi connectivity index (χ0) is 17.9. The molecule has 1 fully saturated rings. The van der Waals surface area contributed by atoms with Gasteiger partial charge in [0.25, 0.3) is 0 Å². The van der Waals surface area contributed by atoms with Gasteiger partial charge in [-0.25, -0.2) is 4.79 Å². The number of hydrogen-bond donors (Lipinski definition) is 2.